The van der Waals surface area contributed by atoms with E-state index in [1.807, 2.05) is 32.0 Å². The summed E-state index contributed by atoms with van der Waals surface area (Å²) in [5.41, 5.74) is 0.970. The van der Waals surface area contributed by atoms with Gasteiger partial charge in [0.25, 0.3) is 0 Å². The minimum Gasteiger partial charge on any atom is -0.370 e. The van der Waals surface area contributed by atoms with Crippen LogP contribution in [0, 0.1) is 6.92 Å². The lowest BCUT2D eigenvalue weighted by atomic mass is 10.3. The van der Waals surface area contributed by atoms with Gasteiger partial charge < -0.3 is 10.6 Å². The van der Waals surface area contributed by atoms with Gasteiger partial charge in [-0.3, -0.25) is 4.79 Å². The molecule has 1 aromatic rings. The Labute approximate surface area is 90.1 Å². The lowest BCUT2D eigenvalue weighted by molar-refractivity contribution is -0.120. The Morgan fingerprint density at radius 1 is 1.47 bits per heavy atom. The molecule has 4 heteroatoms. The quantitative estimate of drug-likeness (QED) is 0.765. The first-order chi connectivity index (χ1) is 7.22. The molecule has 0 aliphatic rings. The van der Waals surface area contributed by atoms with E-state index in [2.05, 4.69) is 15.6 Å². The number of amides is 1. The van der Waals surface area contributed by atoms with Crippen molar-refractivity contribution in [1.29, 1.82) is 0 Å². The number of pyridine rings is 1. The molecule has 0 radical (unpaired) electrons. The van der Waals surface area contributed by atoms with Gasteiger partial charge in [0, 0.05) is 25.2 Å². The van der Waals surface area contributed by atoms with E-state index in [4.69, 9.17) is 0 Å². The molecule has 0 aliphatic heterocycles. The van der Waals surface area contributed by atoms with E-state index in [1.165, 1.54) is 0 Å². The summed E-state index contributed by atoms with van der Waals surface area (Å²) in [5.74, 6) is 0.886. The third kappa shape index (κ3) is 4.44. The van der Waals surface area contributed by atoms with E-state index in [1.54, 1.807) is 0 Å². The van der Waals surface area contributed by atoms with Gasteiger partial charge >= 0.3 is 0 Å². The van der Waals surface area contributed by atoms with Gasteiger partial charge in [-0.05, 0) is 26.0 Å². The number of hydrogen-bond donors (Lipinski definition) is 2. The first-order valence-electron chi connectivity index (χ1n) is 5.16. The first kappa shape index (κ1) is 11.5. The predicted molar refractivity (Wildman–Crippen MR) is 60.8 cm³/mol. The number of anilines is 1. The van der Waals surface area contributed by atoms with Crippen molar-refractivity contribution in [3.63, 3.8) is 0 Å². The molecule has 2 N–H and O–H groups in total. The molecule has 0 saturated carbocycles. The number of nitrogens with zero attached hydrogens (tertiary/aromatic N) is 1. The van der Waals surface area contributed by atoms with E-state index in [9.17, 15) is 4.79 Å². The fourth-order valence-corrected chi connectivity index (χ4v) is 1.23. The average Bonchev–Trinajstić information content (AvgIpc) is 2.18. The minimum atomic E-state index is 0.0673. The summed E-state index contributed by atoms with van der Waals surface area (Å²) in [7, 11) is 0. The van der Waals surface area contributed by atoms with Crippen LogP contribution in [0.1, 0.15) is 19.0 Å². The van der Waals surface area contributed by atoms with Crippen LogP contribution < -0.4 is 10.6 Å². The Morgan fingerprint density at radius 3 is 2.93 bits per heavy atom. The molecular weight excluding hydrogens is 190 g/mol. The van der Waals surface area contributed by atoms with E-state index >= 15 is 0 Å². The van der Waals surface area contributed by atoms with Crippen LogP contribution >= 0.6 is 0 Å². The molecule has 0 bridgehead atoms. The molecule has 1 rings (SSSR count). The van der Waals surface area contributed by atoms with Gasteiger partial charge in [0.2, 0.25) is 5.91 Å². The zero-order valence-electron chi connectivity index (χ0n) is 9.21. The fraction of sp³-hybridized carbons (Fsp3) is 0.455. The van der Waals surface area contributed by atoms with Crippen molar-refractivity contribution in [2.45, 2.75) is 20.3 Å². The van der Waals surface area contributed by atoms with Crippen molar-refractivity contribution in [1.82, 2.24) is 10.3 Å². The van der Waals surface area contributed by atoms with Gasteiger partial charge in [-0.25, -0.2) is 4.98 Å². The largest absolute Gasteiger partial charge is 0.370 e. The Balaban J connectivity index is 2.28. The lowest BCUT2D eigenvalue weighted by Crippen LogP contribution is -2.24. The van der Waals surface area contributed by atoms with Gasteiger partial charge in [0.15, 0.2) is 0 Å². The molecule has 0 unspecified atom stereocenters. The smallest absolute Gasteiger partial charge is 0.221 e. The molecule has 15 heavy (non-hydrogen) atoms. The highest BCUT2D eigenvalue weighted by Gasteiger charge is 1.99. The van der Waals surface area contributed by atoms with Crippen LogP contribution in [0.4, 0.5) is 5.82 Å². The van der Waals surface area contributed by atoms with Gasteiger partial charge in [-0.1, -0.05) is 6.07 Å². The Bertz CT molecular complexity index is 325. The van der Waals surface area contributed by atoms with Crippen molar-refractivity contribution >= 4 is 11.7 Å². The highest BCUT2D eigenvalue weighted by atomic mass is 16.1. The zero-order chi connectivity index (χ0) is 11.1. The Hall–Kier alpha value is -1.58. The SMILES string of the molecule is CCNC(=O)CCNc1cccc(C)n1. The molecule has 0 fully saturated rings. The van der Waals surface area contributed by atoms with Crippen LogP contribution in [-0.2, 0) is 4.79 Å². The van der Waals surface area contributed by atoms with Crippen LogP contribution in [0.5, 0.6) is 0 Å². The second-order valence-electron chi connectivity index (χ2n) is 3.29. The van der Waals surface area contributed by atoms with E-state index in [0.29, 0.717) is 19.5 Å². The number of carbonyl (C=O) groups excluding carboxylic acids is 1. The normalized spacial score (nSPS) is 9.73. The molecule has 82 valence electrons. The summed E-state index contributed by atoms with van der Waals surface area (Å²) in [6.07, 6.45) is 0.476. The maximum Gasteiger partial charge on any atom is 0.221 e. The van der Waals surface area contributed by atoms with Crippen molar-refractivity contribution < 1.29 is 4.79 Å². The van der Waals surface area contributed by atoms with Crippen molar-refractivity contribution in [3.05, 3.63) is 23.9 Å². The molecular formula is C11H17N3O. The van der Waals surface area contributed by atoms with Crippen LogP contribution in [-0.4, -0.2) is 24.0 Å². The van der Waals surface area contributed by atoms with Crippen molar-refractivity contribution in [2.24, 2.45) is 0 Å². The fourth-order valence-electron chi connectivity index (χ4n) is 1.23. The molecule has 1 aromatic heterocycles. The van der Waals surface area contributed by atoms with Crippen molar-refractivity contribution in [3.8, 4) is 0 Å². The molecule has 4 nitrogen and oxygen atoms in total. The zero-order valence-corrected chi connectivity index (χ0v) is 9.21. The minimum absolute atomic E-state index is 0.0673. The average molecular weight is 207 g/mol. The summed E-state index contributed by atoms with van der Waals surface area (Å²) in [4.78, 5) is 15.4. The van der Waals surface area contributed by atoms with Gasteiger partial charge in [-0.2, -0.15) is 0 Å². The topological polar surface area (TPSA) is 54.0 Å². The second kappa shape index (κ2) is 6.01. The summed E-state index contributed by atoms with van der Waals surface area (Å²) < 4.78 is 0. The van der Waals surface area contributed by atoms with Crippen LogP contribution in [0.25, 0.3) is 0 Å². The van der Waals surface area contributed by atoms with Crippen LogP contribution in [0.15, 0.2) is 18.2 Å². The summed E-state index contributed by atoms with van der Waals surface area (Å²) in [6.45, 7) is 5.15. The highest BCUT2D eigenvalue weighted by molar-refractivity contribution is 5.76. The summed E-state index contributed by atoms with van der Waals surface area (Å²) >= 11 is 0. The maximum atomic E-state index is 11.1. The number of hydrogen-bond acceptors (Lipinski definition) is 3. The molecule has 1 heterocycles. The number of aryl methyl sites for hydroxylation is 1. The van der Waals surface area contributed by atoms with Crippen LogP contribution in [0.2, 0.25) is 0 Å². The number of nitrogens with one attached hydrogen (secondary N) is 2. The molecule has 0 atom stereocenters. The number of carbonyl (C=O) groups is 1. The molecule has 0 saturated heterocycles. The van der Waals surface area contributed by atoms with E-state index < -0.39 is 0 Å². The lowest BCUT2D eigenvalue weighted by Gasteiger charge is -2.05. The van der Waals surface area contributed by atoms with E-state index in [-0.39, 0.29) is 5.91 Å². The molecule has 0 aliphatic carbocycles. The highest BCUT2D eigenvalue weighted by Crippen LogP contribution is 2.03. The predicted octanol–water partition coefficient (Wildman–Crippen LogP) is 1.33. The molecule has 0 spiro atoms. The van der Waals surface area contributed by atoms with Gasteiger partial charge in [0.05, 0.1) is 0 Å². The summed E-state index contributed by atoms with van der Waals surface area (Å²) in [5, 5.41) is 5.85. The van der Waals surface area contributed by atoms with E-state index in [0.717, 1.165) is 11.5 Å². The Kier molecular flexibility index (Phi) is 4.60. The maximum absolute atomic E-state index is 11.1. The molecule has 0 aromatic carbocycles. The third-order valence-corrected chi connectivity index (χ3v) is 1.92. The third-order valence-electron chi connectivity index (χ3n) is 1.92. The number of aromatic nitrogens is 1. The van der Waals surface area contributed by atoms with Gasteiger partial charge in [0.1, 0.15) is 5.82 Å². The first-order valence-corrected chi connectivity index (χ1v) is 5.16. The number of rotatable bonds is 5. The van der Waals surface area contributed by atoms with Crippen molar-refractivity contribution in [2.75, 3.05) is 18.4 Å². The summed E-state index contributed by atoms with van der Waals surface area (Å²) in [6, 6.07) is 5.77. The standard InChI is InChI=1S/C11H17N3O/c1-3-12-11(15)7-8-13-10-6-4-5-9(2)14-10/h4-6H,3,7-8H2,1-2H3,(H,12,15)(H,13,14). The second-order valence-corrected chi connectivity index (χ2v) is 3.29. The molecule has 1 amide bonds. The Morgan fingerprint density at radius 2 is 2.27 bits per heavy atom. The van der Waals surface area contributed by atoms with Gasteiger partial charge in [-0.15, -0.1) is 0 Å². The van der Waals surface area contributed by atoms with Crippen LogP contribution in [0.3, 0.4) is 0 Å². The monoisotopic (exact) mass is 207 g/mol.